The summed E-state index contributed by atoms with van der Waals surface area (Å²) >= 11 is 1.44. The number of amides is 1. The van der Waals surface area contributed by atoms with Crippen LogP contribution in [0, 0.1) is 13.8 Å². The Kier molecular flexibility index (Phi) is 5.50. The Labute approximate surface area is 143 Å². The first-order valence-electron chi connectivity index (χ1n) is 7.38. The van der Waals surface area contributed by atoms with Gasteiger partial charge in [0.15, 0.2) is 6.10 Å². The zero-order valence-corrected chi connectivity index (χ0v) is 14.6. The Bertz CT molecular complexity index is 853. The van der Waals surface area contributed by atoms with Crippen molar-refractivity contribution in [2.45, 2.75) is 33.4 Å². The minimum Gasteiger partial charge on any atom is -0.451 e. The number of hydrogen-bond donors (Lipinski definition) is 1. The van der Waals surface area contributed by atoms with Crippen LogP contribution >= 0.6 is 11.3 Å². The zero-order valence-electron chi connectivity index (χ0n) is 13.8. The molecule has 2 heterocycles. The maximum absolute atomic E-state index is 12.5. The zero-order chi connectivity index (χ0) is 17.9. The summed E-state index contributed by atoms with van der Waals surface area (Å²) in [7, 11) is 0. The number of hydrogen-bond acceptors (Lipinski definition) is 6. The number of aromatic nitrogens is 2. The van der Waals surface area contributed by atoms with E-state index in [9.17, 15) is 14.4 Å². The summed E-state index contributed by atoms with van der Waals surface area (Å²) in [5.41, 5.74) is 0.579. The second-order valence-electron chi connectivity index (χ2n) is 5.31. The molecule has 2 aromatic heterocycles. The molecule has 0 saturated heterocycles. The number of rotatable bonds is 6. The molecule has 0 aliphatic carbocycles. The predicted molar refractivity (Wildman–Crippen MR) is 92.1 cm³/mol. The summed E-state index contributed by atoms with van der Waals surface area (Å²) < 4.78 is 6.24. The third-order valence-corrected chi connectivity index (χ3v) is 4.67. The normalized spacial score (nSPS) is 12.0. The van der Waals surface area contributed by atoms with Crippen LogP contribution in [0.1, 0.15) is 17.4 Å². The molecular formula is C16H19N3O4S. The van der Waals surface area contributed by atoms with Gasteiger partial charge in [0.25, 0.3) is 11.5 Å². The summed E-state index contributed by atoms with van der Waals surface area (Å²) in [6.07, 6.45) is 1.90. The van der Waals surface area contributed by atoms with Gasteiger partial charge in [-0.3, -0.25) is 19.0 Å². The molecule has 0 bridgehead atoms. The van der Waals surface area contributed by atoms with E-state index >= 15 is 0 Å². The molecule has 8 heteroatoms. The Hall–Kier alpha value is -2.48. The topological polar surface area (TPSA) is 90.3 Å². The number of esters is 1. The maximum atomic E-state index is 12.5. The highest BCUT2D eigenvalue weighted by Crippen LogP contribution is 2.25. The van der Waals surface area contributed by atoms with E-state index in [4.69, 9.17) is 4.74 Å². The van der Waals surface area contributed by atoms with Crippen LogP contribution in [0.15, 0.2) is 23.8 Å². The molecule has 2 aromatic rings. The molecule has 1 amide bonds. The van der Waals surface area contributed by atoms with E-state index in [0.717, 1.165) is 10.4 Å². The minimum absolute atomic E-state index is 0.289. The minimum atomic E-state index is -0.949. The van der Waals surface area contributed by atoms with Gasteiger partial charge in [-0.15, -0.1) is 17.9 Å². The summed E-state index contributed by atoms with van der Waals surface area (Å²) in [6, 6.07) is 0. The molecule has 0 aromatic carbocycles. The van der Waals surface area contributed by atoms with Crippen LogP contribution in [0.3, 0.4) is 0 Å². The van der Waals surface area contributed by atoms with Gasteiger partial charge in [-0.1, -0.05) is 6.08 Å². The quantitative estimate of drug-likeness (QED) is 0.627. The fourth-order valence-electron chi connectivity index (χ4n) is 2.13. The average molecular weight is 349 g/mol. The second-order valence-corrected chi connectivity index (χ2v) is 6.51. The molecule has 0 aliphatic rings. The Morgan fingerprint density at radius 1 is 1.50 bits per heavy atom. The third-order valence-electron chi connectivity index (χ3n) is 3.55. The van der Waals surface area contributed by atoms with E-state index in [2.05, 4.69) is 16.9 Å². The van der Waals surface area contributed by atoms with Crippen molar-refractivity contribution in [1.82, 2.24) is 14.9 Å². The van der Waals surface area contributed by atoms with Gasteiger partial charge in [-0.25, -0.2) is 4.98 Å². The molecule has 2 rings (SSSR count). The van der Waals surface area contributed by atoms with Gasteiger partial charge in [0.1, 0.15) is 11.4 Å². The fraction of sp³-hybridized carbons (Fsp3) is 0.375. The number of fused-ring (bicyclic) bond motifs is 1. The van der Waals surface area contributed by atoms with Gasteiger partial charge in [-0.2, -0.15) is 0 Å². The number of ether oxygens (including phenoxy) is 1. The lowest BCUT2D eigenvalue weighted by Gasteiger charge is -2.13. The lowest BCUT2D eigenvalue weighted by Crippen LogP contribution is -2.37. The number of carbonyl (C=O) groups excluding carboxylic acids is 2. The van der Waals surface area contributed by atoms with Gasteiger partial charge in [0.05, 0.1) is 11.7 Å². The monoisotopic (exact) mass is 349 g/mol. The van der Waals surface area contributed by atoms with Gasteiger partial charge < -0.3 is 10.1 Å². The smallest absolute Gasteiger partial charge is 0.326 e. The number of nitrogens with zero attached hydrogens (tertiary/aromatic N) is 2. The molecule has 1 atom stereocenters. The van der Waals surface area contributed by atoms with Crippen molar-refractivity contribution < 1.29 is 14.3 Å². The summed E-state index contributed by atoms with van der Waals surface area (Å²) in [5, 5.41) is 3.05. The van der Waals surface area contributed by atoms with Crippen LogP contribution in [-0.4, -0.2) is 34.1 Å². The molecule has 1 N–H and O–H groups in total. The Morgan fingerprint density at radius 3 is 2.88 bits per heavy atom. The number of aryl methyl sites for hydroxylation is 2. The third kappa shape index (κ3) is 3.70. The molecule has 128 valence electrons. The second kappa shape index (κ2) is 7.39. The molecular weight excluding hydrogens is 330 g/mol. The standard InChI is InChI=1S/C16H19N3O4S/c1-5-6-17-14(21)10(3)23-12(20)7-19-8-18-15-13(16(19)22)9(2)11(4)24-15/h5,8,10H,1,6-7H2,2-4H3,(H,17,21)/t10-/m0/s1. The lowest BCUT2D eigenvalue weighted by atomic mass is 10.2. The van der Waals surface area contributed by atoms with Crippen molar-refractivity contribution in [2.75, 3.05) is 6.54 Å². The predicted octanol–water partition coefficient (Wildman–Crippen LogP) is 1.31. The first kappa shape index (κ1) is 17.9. The van der Waals surface area contributed by atoms with Crippen molar-refractivity contribution >= 4 is 33.4 Å². The Balaban J connectivity index is 2.12. The first-order valence-corrected chi connectivity index (χ1v) is 8.20. The number of nitrogens with one attached hydrogen (secondary N) is 1. The maximum Gasteiger partial charge on any atom is 0.326 e. The van der Waals surface area contributed by atoms with Crippen LogP contribution in [0.2, 0.25) is 0 Å². The number of carbonyl (C=O) groups is 2. The van der Waals surface area contributed by atoms with E-state index in [0.29, 0.717) is 10.2 Å². The summed E-state index contributed by atoms with van der Waals surface area (Å²) in [5.74, 6) is -1.10. The van der Waals surface area contributed by atoms with Crippen molar-refractivity contribution in [3.05, 3.63) is 39.8 Å². The summed E-state index contributed by atoms with van der Waals surface area (Å²) in [4.78, 5) is 42.0. The van der Waals surface area contributed by atoms with Crippen molar-refractivity contribution in [1.29, 1.82) is 0 Å². The van der Waals surface area contributed by atoms with E-state index in [-0.39, 0.29) is 18.6 Å². The van der Waals surface area contributed by atoms with Crippen LogP contribution in [-0.2, 0) is 20.9 Å². The van der Waals surface area contributed by atoms with E-state index < -0.39 is 18.0 Å². The molecule has 0 unspecified atom stereocenters. The first-order chi connectivity index (χ1) is 11.3. The molecule has 7 nitrogen and oxygen atoms in total. The van der Waals surface area contributed by atoms with Gasteiger partial charge >= 0.3 is 5.97 Å². The molecule has 0 spiro atoms. The van der Waals surface area contributed by atoms with E-state index in [1.54, 1.807) is 0 Å². The molecule has 0 fully saturated rings. The van der Waals surface area contributed by atoms with E-state index in [1.807, 2.05) is 13.8 Å². The molecule has 0 aliphatic heterocycles. The van der Waals surface area contributed by atoms with Gasteiger partial charge in [0, 0.05) is 11.4 Å². The molecule has 0 radical (unpaired) electrons. The van der Waals surface area contributed by atoms with Crippen LogP contribution in [0.4, 0.5) is 0 Å². The summed E-state index contributed by atoms with van der Waals surface area (Å²) in [6.45, 7) is 8.72. The van der Waals surface area contributed by atoms with Crippen LogP contribution < -0.4 is 10.9 Å². The van der Waals surface area contributed by atoms with Gasteiger partial charge in [-0.05, 0) is 26.3 Å². The lowest BCUT2D eigenvalue weighted by molar-refractivity contribution is -0.155. The molecule has 24 heavy (non-hydrogen) atoms. The Morgan fingerprint density at radius 2 is 2.21 bits per heavy atom. The average Bonchev–Trinajstić information content (AvgIpc) is 2.83. The highest BCUT2D eigenvalue weighted by atomic mass is 32.1. The molecule has 0 saturated carbocycles. The SMILES string of the molecule is C=CCNC(=O)[C@H](C)OC(=O)Cn1cnc2sc(C)c(C)c2c1=O. The van der Waals surface area contributed by atoms with Crippen LogP contribution in [0.5, 0.6) is 0 Å². The van der Waals surface area contributed by atoms with Gasteiger partial charge in [0.2, 0.25) is 0 Å². The highest BCUT2D eigenvalue weighted by Gasteiger charge is 2.19. The largest absolute Gasteiger partial charge is 0.451 e. The number of thiophene rings is 1. The van der Waals surface area contributed by atoms with E-state index in [1.165, 1.54) is 35.2 Å². The highest BCUT2D eigenvalue weighted by molar-refractivity contribution is 7.18. The van der Waals surface area contributed by atoms with Crippen molar-refractivity contribution in [3.63, 3.8) is 0 Å². The fourth-order valence-corrected chi connectivity index (χ4v) is 3.11. The van der Waals surface area contributed by atoms with Crippen LogP contribution in [0.25, 0.3) is 10.2 Å². The van der Waals surface area contributed by atoms with Crippen molar-refractivity contribution in [3.8, 4) is 0 Å². The van der Waals surface area contributed by atoms with Crippen molar-refractivity contribution in [2.24, 2.45) is 0 Å².